The zero-order valence-electron chi connectivity index (χ0n) is 15.9. The van der Waals surface area contributed by atoms with Crippen LogP contribution < -0.4 is 10.9 Å². The summed E-state index contributed by atoms with van der Waals surface area (Å²) >= 11 is 2.14. The van der Waals surface area contributed by atoms with Crippen LogP contribution in [0.3, 0.4) is 0 Å². The molecule has 7 nitrogen and oxygen atoms in total. The van der Waals surface area contributed by atoms with Gasteiger partial charge in [0, 0.05) is 26.5 Å². The van der Waals surface area contributed by atoms with Gasteiger partial charge in [0.25, 0.3) is 5.56 Å². The van der Waals surface area contributed by atoms with E-state index in [1.165, 1.54) is 12.3 Å². The SMILES string of the molecule is CC(C)C(=O)Nc1ccc(CN=Cc2c(O)[nH]c(=O)c3ccc(I)cc23)cc1O. The van der Waals surface area contributed by atoms with Gasteiger partial charge >= 0.3 is 0 Å². The summed E-state index contributed by atoms with van der Waals surface area (Å²) in [6.07, 6.45) is 1.50. The van der Waals surface area contributed by atoms with Crippen LogP contribution in [-0.2, 0) is 11.3 Å². The second-order valence-electron chi connectivity index (χ2n) is 6.87. The van der Waals surface area contributed by atoms with Crippen molar-refractivity contribution in [3.05, 3.63) is 61.4 Å². The molecule has 3 rings (SSSR count). The normalized spacial score (nSPS) is 11.4. The Morgan fingerprint density at radius 3 is 2.66 bits per heavy atom. The zero-order chi connectivity index (χ0) is 21.1. The summed E-state index contributed by atoms with van der Waals surface area (Å²) in [6.45, 7) is 3.79. The molecule has 0 bridgehead atoms. The molecule has 4 N–H and O–H groups in total. The van der Waals surface area contributed by atoms with Crippen molar-refractivity contribution in [1.82, 2.24) is 4.98 Å². The quantitative estimate of drug-likeness (QED) is 0.240. The van der Waals surface area contributed by atoms with Crippen LogP contribution in [0.25, 0.3) is 10.8 Å². The molecule has 0 saturated heterocycles. The van der Waals surface area contributed by atoms with Crippen LogP contribution in [0.2, 0.25) is 0 Å². The maximum absolute atomic E-state index is 12.0. The number of carbonyl (C=O) groups excluding carboxylic acids is 1. The maximum atomic E-state index is 12.0. The lowest BCUT2D eigenvalue weighted by Gasteiger charge is -2.10. The number of aliphatic imine (C=N–C) groups is 1. The monoisotopic (exact) mass is 505 g/mol. The van der Waals surface area contributed by atoms with Crippen molar-refractivity contribution < 1.29 is 15.0 Å². The Morgan fingerprint density at radius 1 is 1.21 bits per heavy atom. The van der Waals surface area contributed by atoms with E-state index in [0.717, 1.165) is 9.13 Å². The number of halogens is 1. The first-order valence-corrected chi connectivity index (χ1v) is 10.0. The molecule has 8 heteroatoms. The Bertz CT molecular complexity index is 1170. The first kappa shape index (κ1) is 20.8. The third-order valence-electron chi connectivity index (χ3n) is 4.34. The van der Waals surface area contributed by atoms with Crippen molar-refractivity contribution in [2.75, 3.05) is 5.32 Å². The molecule has 150 valence electrons. The molecule has 0 aliphatic rings. The molecular formula is C21H20IN3O4. The number of phenolic OH excluding ortho intramolecular Hbond substituents is 1. The fraction of sp³-hybridized carbons (Fsp3) is 0.190. The summed E-state index contributed by atoms with van der Waals surface area (Å²) in [4.78, 5) is 30.5. The van der Waals surface area contributed by atoms with E-state index in [0.29, 0.717) is 22.0 Å². The smallest absolute Gasteiger partial charge is 0.258 e. The molecule has 0 radical (unpaired) electrons. The average Bonchev–Trinajstić information content (AvgIpc) is 2.66. The van der Waals surface area contributed by atoms with Gasteiger partial charge in [0.2, 0.25) is 11.8 Å². The Balaban J connectivity index is 1.84. The number of H-pyrrole nitrogens is 1. The van der Waals surface area contributed by atoms with Crippen molar-refractivity contribution in [1.29, 1.82) is 0 Å². The molecular weight excluding hydrogens is 485 g/mol. The number of aromatic nitrogens is 1. The number of pyridine rings is 1. The number of rotatable bonds is 5. The van der Waals surface area contributed by atoms with Gasteiger partial charge in [-0.25, -0.2) is 0 Å². The minimum Gasteiger partial charge on any atom is -0.506 e. The Labute approximate surface area is 180 Å². The standard InChI is InChI=1S/C21H20IN3O4/c1-11(2)19(27)24-17-6-3-12(7-18(17)26)9-23-10-16-15-8-13(22)4-5-14(15)20(28)25-21(16)29/h3-8,10-11,26H,9H2,1-2H3,(H,24,27)(H2,25,28,29). The molecule has 1 aromatic heterocycles. The van der Waals surface area contributed by atoms with E-state index in [4.69, 9.17) is 0 Å². The number of anilines is 1. The lowest BCUT2D eigenvalue weighted by molar-refractivity contribution is -0.118. The van der Waals surface area contributed by atoms with Crippen LogP contribution >= 0.6 is 22.6 Å². The van der Waals surface area contributed by atoms with E-state index in [2.05, 4.69) is 37.9 Å². The summed E-state index contributed by atoms with van der Waals surface area (Å²) in [5.41, 5.74) is 1.12. The Morgan fingerprint density at radius 2 is 1.97 bits per heavy atom. The molecule has 29 heavy (non-hydrogen) atoms. The van der Waals surface area contributed by atoms with Crippen molar-refractivity contribution in [2.24, 2.45) is 10.9 Å². The van der Waals surface area contributed by atoms with Gasteiger partial charge in [-0.15, -0.1) is 0 Å². The number of hydrogen-bond donors (Lipinski definition) is 4. The topological polar surface area (TPSA) is 115 Å². The summed E-state index contributed by atoms with van der Waals surface area (Å²) in [7, 11) is 0. The van der Waals surface area contributed by atoms with Crippen molar-refractivity contribution in [3.8, 4) is 11.6 Å². The molecule has 0 fully saturated rings. The third kappa shape index (κ3) is 4.76. The van der Waals surface area contributed by atoms with Crippen molar-refractivity contribution in [2.45, 2.75) is 20.4 Å². The van der Waals surface area contributed by atoms with Gasteiger partial charge in [0.05, 0.1) is 17.8 Å². The lowest BCUT2D eigenvalue weighted by Crippen LogP contribution is -2.17. The number of benzene rings is 2. The summed E-state index contributed by atoms with van der Waals surface area (Å²) in [6, 6.07) is 10.2. The largest absolute Gasteiger partial charge is 0.506 e. The van der Waals surface area contributed by atoms with Crippen molar-refractivity contribution >= 4 is 51.2 Å². The minimum absolute atomic E-state index is 0.0430. The van der Waals surface area contributed by atoms with Crippen molar-refractivity contribution in [3.63, 3.8) is 0 Å². The number of phenols is 1. The molecule has 0 spiro atoms. The average molecular weight is 505 g/mol. The fourth-order valence-electron chi connectivity index (χ4n) is 2.74. The van der Waals surface area contributed by atoms with E-state index >= 15 is 0 Å². The number of nitrogens with zero attached hydrogens (tertiary/aromatic N) is 1. The highest BCUT2D eigenvalue weighted by atomic mass is 127. The zero-order valence-corrected chi connectivity index (χ0v) is 18.0. The van der Waals surface area contributed by atoms with E-state index in [1.807, 2.05) is 12.1 Å². The molecule has 0 aliphatic carbocycles. The summed E-state index contributed by atoms with van der Waals surface area (Å²) in [5, 5.41) is 24.0. The van der Waals surface area contributed by atoms with E-state index in [-0.39, 0.29) is 35.6 Å². The first-order chi connectivity index (χ1) is 13.8. The van der Waals surface area contributed by atoms with Gasteiger partial charge < -0.3 is 15.5 Å². The summed E-state index contributed by atoms with van der Waals surface area (Å²) in [5.74, 6) is -0.663. The highest BCUT2D eigenvalue weighted by Crippen LogP contribution is 2.26. The highest BCUT2D eigenvalue weighted by Gasteiger charge is 2.11. The summed E-state index contributed by atoms with van der Waals surface area (Å²) < 4.78 is 0.929. The Hall–Kier alpha value is -2.88. The predicted octanol–water partition coefficient (Wildman–Crippen LogP) is 3.76. The van der Waals surface area contributed by atoms with Gasteiger partial charge in [0.1, 0.15) is 5.75 Å². The Kier molecular flexibility index (Phi) is 6.21. The molecule has 0 aliphatic heterocycles. The van der Waals surface area contributed by atoms with Crippen LogP contribution in [0.4, 0.5) is 5.69 Å². The molecule has 0 unspecified atom stereocenters. The number of carbonyl (C=O) groups is 1. The molecule has 0 saturated carbocycles. The number of nitrogens with one attached hydrogen (secondary N) is 2. The van der Waals surface area contributed by atoms with Gasteiger partial charge in [-0.2, -0.15) is 0 Å². The predicted molar refractivity (Wildman–Crippen MR) is 122 cm³/mol. The fourth-order valence-corrected chi connectivity index (χ4v) is 3.23. The van der Waals surface area contributed by atoms with Crippen LogP contribution in [0.15, 0.2) is 46.2 Å². The van der Waals surface area contributed by atoms with E-state index < -0.39 is 0 Å². The first-order valence-electron chi connectivity index (χ1n) is 8.93. The number of hydrogen-bond acceptors (Lipinski definition) is 5. The number of aromatic amines is 1. The van der Waals surface area contributed by atoms with Gasteiger partial charge in [0.15, 0.2) is 0 Å². The van der Waals surface area contributed by atoms with Gasteiger partial charge in [-0.1, -0.05) is 19.9 Å². The lowest BCUT2D eigenvalue weighted by atomic mass is 10.1. The van der Waals surface area contributed by atoms with Crippen LogP contribution in [0, 0.1) is 9.49 Å². The second kappa shape index (κ2) is 8.64. The number of fused-ring (bicyclic) bond motifs is 1. The molecule has 1 amide bonds. The molecule has 3 aromatic rings. The van der Waals surface area contributed by atoms with Crippen LogP contribution in [0.1, 0.15) is 25.0 Å². The molecule has 0 atom stereocenters. The molecule has 1 heterocycles. The number of amides is 1. The molecule has 2 aromatic carbocycles. The number of aromatic hydroxyl groups is 2. The highest BCUT2D eigenvalue weighted by molar-refractivity contribution is 14.1. The minimum atomic E-state index is -0.366. The van der Waals surface area contributed by atoms with Gasteiger partial charge in [-0.3, -0.25) is 19.6 Å². The third-order valence-corrected chi connectivity index (χ3v) is 5.01. The van der Waals surface area contributed by atoms with E-state index in [1.54, 1.807) is 32.0 Å². The maximum Gasteiger partial charge on any atom is 0.258 e. The van der Waals surface area contributed by atoms with Crippen LogP contribution in [-0.4, -0.2) is 27.3 Å². The second-order valence-corrected chi connectivity index (χ2v) is 8.12. The van der Waals surface area contributed by atoms with E-state index in [9.17, 15) is 19.8 Å². The van der Waals surface area contributed by atoms with Gasteiger partial charge in [-0.05, 0) is 58.5 Å². The van der Waals surface area contributed by atoms with Crippen LogP contribution in [0.5, 0.6) is 11.6 Å².